The third-order valence-electron chi connectivity index (χ3n) is 2.25. The molecule has 0 aromatic rings. The number of nitrogens with one attached hydrogen (secondary N) is 1. The Balaban J connectivity index is 3.42. The van der Waals surface area contributed by atoms with Gasteiger partial charge in [-0.15, -0.1) is 0 Å². The van der Waals surface area contributed by atoms with Crippen molar-refractivity contribution in [3.8, 4) is 0 Å². The van der Waals surface area contributed by atoms with Crippen LogP contribution in [0.25, 0.3) is 0 Å². The largest absolute Gasteiger partial charge is 0.385 e. The molecule has 1 N–H and O–H groups in total. The Kier molecular flexibility index (Phi) is 8.40. The smallest absolute Gasteiger partial charge is 0.0699 e. The monoisotopic (exact) mass is 189 g/mol. The van der Waals surface area contributed by atoms with Gasteiger partial charge >= 0.3 is 0 Å². The van der Waals surface area contributed by atoms with E-state index < -0.39 is 0 Å². The predicted molar refractivity (Wildman–Crippen MR) is 55.0 cm³/mol. The Morgan fingerprint density at radius 2 is 2.00 bits per heavy atom. The molecule has 80 valence electrons. The molecule has 0 spiro atoms. The van der Waals surface area contributed by atoms with E-state index in [0.29, 0.717) is 6.04 Å². The van der Waals surface area contributed by atoms with E-state index in [4.69, 9.17) is 9.47 Å². The quantitative estimate of drug-likeness (QED) is 0.586. The lowest BCUT2D eigenvalue weighted by atomic mass is 10.1. The molecular weight excluding hydrogens is 166 g/mol. The molecule has 2 unspecified atom stereocenters. The maximum atomic E-state index is 5.65. The van der Waals surface area contributed by atoms with Gasteiger partial charge in [-0.2, -0.15) is 0 Å². The molecular formula is C10H23NO2. The Morgan fingerprint density at radius 3 is 2.46 bits per heavy atom. The summed E-state index contributed by atoms with van der Waals surface area (Å²) in [6.45, 7) is 5.84. The highest BCUT2D eigenvalue weighted by atomic mass is 16.5. The second-order valence-corrected chi connectivity index (χ2v) is 3.23. The molecule has 0 saturated carbocycles. The molecule has 13 heavy (non-hydrogen) atoms. The summed E-state index contributed by atoms with van der Waals surface area (Å²) in [4.78, 5) is 0. The van der Waals surface area contributed by atoms with Crippen LogP contribution in [0.3, 0.4) is 0 Å². The molecule has 0 heterocycles. The van der Waals surface area contributed by atoms with E-state index in [1.54, 1.807) is 7.11 Å². The van der Waals surface area contributed by atoms with Crippen molar-refractivity contribution in [2.75, 3.05) is 27.4 Å². The summed E-state index contributed by atoms with van der Waals surface area (Å²) in [5, 5.41) is 3.24. The Hall–Kier alpha value is -0.120. The van der Waals surface area contributed by atoms with E-state index in [0.717, 1.165) is 26.1 Å². The van der Waals surface area contributed by atoms with E-state index in [1.165, 1.54) is 0 Å². The summed E-state index contributed by atoms with van der Waals surface area (Å²) in [5.74, 6) is 0. The molecule has 0 aromatic heterocycles. The lowest BCUT2D eigenvalue weighted by Crippen LogP contribution is -2.37. The summed E-state index contributed by atoms with van der Waals surface area (Å²) in [6, 6.07) is 0.461. The molecule has 0 aliphatic heterocycles. The van der Waals surface area contributed by atoms with Gasteiger partial charge < -0.3 is 14.8 Å². The zero-order valence-corrected chi connectivity index (χ0v) is 9.30. The summed E-state index contributed by atoms with van der Waals surface area (Å²) >= 11 is 0. The van der Waals surface area contributed by atoms with E-state index in [9.17, 15) is 0 Å². The van der Waals surface area contributed by atoms with E-state index in [-0.39, 0.29) is 6.10 Å². The first-order valence-electron chi connectivity index (χ1n) is 5.04. The molecule has 0 fully saturated rings. The summed E-state index contributed by atoms with van der Waals surface area (Å²) in [5.41, 5.74) is 0. The van der Waals surface area contributed by atoms with Crippen molar-refractivity contribution in [1.82, 2.24) is 5.32 Å². The van der Waals surface area contributed by atoms with Gasteiger partial charge in [0.05, 0.1) is 6.10 Å². The molecule has 0 saturated heterocycles. The highest BCUT2D eigenvalue weighted by molar-refractivity contribution is 4.69. The van der Waals surface area contributed by atoms with Crippen LogP contribution in [0, 0.1) is 0 Å². The van der Waals surface area contributed by atoms with E-state index in [1.807, 2.05) is 7.05 Å². The van der Waals surface area contributed by atoms with Crippen LogP contribution in [0.5, 0.6) is 0 Å². The fraction of sp³-hybridized carbons (Fsp3) is 1.00. The minimum atomic E-state index is 0.284. The van der Waals surface area contributed by atoms with E-state index in [2.05, 4.69) is 19.2 Å². The van der Waals surface area contributed by atoms with Crippen LogP contribution < -0.4 is 5.32 Å². The van der Waals surface area contributed by atoms with Crippen LogP contribution in [-0.4, -0.2) is 39.5 Å². The van der Waals surface area contributed by atoms with Crippen molar-refractivity contribution in [3.05, 3.63) is 0 Å². The number of likely N-dealkylation sites (N-methyl/N-ethyl adjacent to an activating group) is 1. The molecule has 0 aliphatic rings. The highest BCUT2D eigenvalue weighted by Crippen LogP contribution is 2.02. The molecule has 3 nitrogen and oxygen atoms in total. The third kappa shape index (κ3) is 6.02. The standard InChI is InChI=1S/C10H23NO2/c1-5-10(11-3)9(2)13-8-6-7-12-4/h9-11H,5-8H2,1-4H3. The first-order valence-corrected chi connectivity index (χ1v) is 5.04. The molecule has 0 aliphatic carbocycles. The van der Waals surface area contributed by atoms with Gasteiger partial charge in [0.25, 0.3) is 0 Å². The van der Waals surface area contributed by atoms with Gasteiger partial charge in [-0.25, -0.2) is 0 Å². The van der Waals surface area contributed by atoms with Crippen LogP contribution in [0.15, 0.2) is 0 Å². The normalized spacial score (nSPS) is 15.7. The predicted octanol–water partition coefficient (Wildman–Crippen LogP) is 1.43. The average Bonchev–Trinajstić information content (AvgIpc) is 2.14. The first-order chi connectivity index (χ1) is 6.26. The zero-order valence-electron chi connectivity index (χ0n) is 9.30. The molecule has 0 aromatic carbocycles. The van der Waals surface area contributed by atoms with Crippen molar-refractivity contribution in [2.45, 2.75) is 38.8 Å². The molecule has 0 bridgehead atoms. The van der Waals surface area contributed by atoms with Gasteiger partial charge in [-0.1, -0.05) is 6.92 Å². The van der Waals surface area contributed by atoms with Crippen molar-refractivity contribution in [3.63, 3.8) is 0 Å². The van der Waals surface area contributed by atoms with Gasteiger partial charge in [0.15, 0.2) is 0 Å². The second kappa shape index (κ2) is 8.48. The van der Waals surface area contributed by atoms with E-state index >= 15 is 0 Å². The Morgan fingerprint density at radius 1 is 1.31 bits per heavy atom. The maximum Gasteiger partial charge on any atom is 0.0699 e. The van der Waals surface area contributed by atoms with Gasteiger partial charge in [-0.3, -0.25) is 0 Å². The lowest BCUT2D eigenvalue weighted by Gasteiger charge is -2.22. The van der Waals surface area contributed by atoms with Gasteiger partial charge in [-0.05, 0) is 26.8 Å². The molecule has 0 radical (unpaired) electrons. The van der Waals surface area contributed by atoms with Gasteiger partial charge in [0, 0.05) is 26.4 Å². The summed E-state index contributed by atoms with van der Waals surface area (Å²) in [7, 11) is 3.69. The number of ether oxygens (including phenoxy) is 2. The Bertz CT molecular complexity index is 105. The van der Waals surface area contributed by atoms with Crippen LogP contribution in [0.1, 0.15) is 26.7 Å². The topological polar surface area (TPSA) is 30.5 Å². The molecule has 0 rings (SSSR count). The zero-order chi connectivity index (χ0) is 10.1. The van der Waals surface area contributed by atoms with Gasteiger partial charge in [0.2, 0.25) is 0 Å². The van der Waals surface area contributed by atoms with Crippen molar-refractivity contribution >= 4 is 0 Å². The molecule has 2 atom stereocenters. The van der Waals surface area contributed by atoms with Crippen LogP contribution >= 0.6 is 0 Å². The maximum absolute atomic E-state index is 5.65. The minimum Gasteiger partial charge on any atom is -0.385 e. The Labute approximate surface area is 81.8 Å². The van der Waals surface area contributed by atoms with Crippen molar-refractivity contribution < 1.29 is 9.47 Å². The number of rotatable bonds is 8. The SMILES string of the molecule is CCC(NC)C(C)OCCCOC. The first kappa shape index (κ1) is 12.9. The second-order valence-electron chi connectivity index (χ2n) is 3.23. The number of hydrogen-bond donors (Lipinski definition) is 1. The average molecular weight is 189 g/mol. The summed E-state index contributed by atoms with van der Waals surface area (Å²) < 4.78 is 10.6. The van der Waals surface area contributed by atoms with Crippen LogP contribution in [-0.2, 0) is 9.47 Å². The molecule has 3 heteroatoms. The van der Waals surface area contributed by atoms with Crippen molar-refractivity contribution in [2.24, 2.45) is 0 Å². The van der Waals surface area contributed by atoms with Crippen LogP contribution in [0.2, 0.25) is 0 Å². The highest BCUT2D eigenvalue weighted by Gasteiger charge is 2.12. The summed E-state index contributed by atoms with van der Waals surface area (Å²) in [6.07, 6.45) is 2.36. The fourth-order valence-electron chi connectivity index (χ4n) is 1.36. The van der Waals surface area contributed by atoms with Crippen molar-refractivity contribution in [1.29, 1.82) is 0 Å². The van der Waals surface area contributed by atoms with Crippen LogP contribution in [0.4, 0.5) is 0 Å². The van der Waals surface area contributed by atoms with Gasteiger partial charge in [0.1, 0.15) is 0 Å². The number of methoxy groups -OCH3 is 1. The fourth-order valence-corrected chi connectivity index (χ4v) is 1.36. The number of hydrogen-bond acceptors (Lipinski definition) is 3. The lowest BCUT2D eigenvalue weighted by molar-refractivity contribution is 0.0283. The third-order valence-corrected chi connectivity index (χ3v) is 2.25. The molecule has 0 amide bonds. The minimum absolute atomic E-state index is 0.284.